The van der Waals surface area contributed by atoms with Gasteiger partial charge in [0.05, 0.1) is 5.02 Å². The predicted octanol–water partition coefficient (Wildman–Crippen LogP) is 2.33. The molecule has 4 heteroatoms. The van der Waals surface area contributed by atoms with Gasteiger partial charge < -0.3 is 5.73 Å². The summed E-state index contributed by atoms with van der Waals surface area (Å²) in [5.74, 6) is -0.374. The number of halogens is 2. The number of nitrogens with two attached hydrogens (primary N) is 1. The number of hydrogen-bond acceptors (Lipinski definition) is 2. The Hall–Kier alpha value is -0.930. The minimum Gasteiger partial charge on any atom is -0.329 e. The summed E-state index contributed by atoms with van der Waals surface area (Å²) >= 11 is 5.57. The zero-order chi connectivity index (χ0) is 11.8. The maximum absolute atomic E-state index is 13.2. The lowest BCUT2D eigenvalue weighted by Crippen LogP contribution is -2.26. The molecule has 0 aromatic heterocycles. The standard InChI is InChI=1S/C12H13ClFNO/c13-9-2-1-8(5-10(9)14)6-11(16)12(7-15)3-4-12/h1-2,5H,3-4,6-7,15H2. The van der Waals surface area contributed by atoms with E-state index in [9.17, 15) is 9.18 Å². The normalized spacial score (nSPS) is 17.2. The predicted molar refractivity (Wildman–Crippen MR) is 60.8 cm³/mol. The molecule has 1 aliphatic carbocycles. The number of rotatable bonds is 4. The van der Waals surface area contributed by atoms with Crippen molar-refractivity contribution in [1.82, 2.24) is 0 Å². The Bertz CT molecular complexity index is 429. The molecule has 1 fully saturated rings. The molecule has 0 atom stereocenters. The van der Waals surface area contributed by atoms with Crippen LogP contribution in [-0.2, 0) is 11.2 Å². The zero-order valence-corrected chi connectivity index (χ0v) is 9.56. The molecule has 1 aromatic carbocycles. The Kier molecular flexibility index (Phi) is 3.00. The van der Waals surface area contributed by atoms with E-state index in [4.69, 9.17) is 17.3 Å². The molecule has 1 aromatic rings. The minimum absolute atomic E-state index is 0.0798. The van der Waals surface area contributed by atoms with E-state index in [-0.39, 0.29) is 22.6 Å². The Morgan fingerprint density at radius 2 is 2.19 bits per heavy atom. The fourth-order valence-electron chi connectivity index (χ4n) is 1.77. The van der Waals surface area contributed by atoms with Crippen molar-refractivity contribution in [3.63, 3.8) is 0 Å². The van der Waals surface area contributed by atoms with Gasteiger partial charge in [-0.25, -0.2) is 4.39 Å². The first kappa shape index (κ1) is 11.6. The molecule has 1 saturated carbocycles. The van der Waals surface area contributed by atoms with Gasteiger partial charge in [0.1, 0.15) is 11.6 Å². The van der Waals surface area contributed by atoms with Crippen LogP contribution in [0.4, 0.5) is 4.39 Å². The van der Waals surface area contributed by atoms with Crippen LogP contribution >= 0.6 is 11.6 Å². The van der Waals surface area contributed by atoms with Crippen LogP contribution in [0.1, 0.15) is 18.4 Å². The van der Waals surface area contributed by atoms with E-state index < -0.39 is 5.82 Å². The van der Waals surface area contributed by atoms with Crippen LogP contribution in [0.25, 0.3) is 0 Å². The summed E-state index contributed by atoms with van der Waals surface area (Å²) in [6, 6.07) is 4.46. The molecule has 1 aliphatic rings. The van der Waals surface area contributed by atoms with Crippen molar-refractivity contribution in [2.45, 2.75) is 19.3 Å². The lowest BCUT2D eigenvalue weighted by Gasteiger charge is -2.10. The van der Waals surface area contributed by atoms with E-state index in [1.165, 1.54) is 12.1 Å². The minimum atomic E-state index is -0.482. The molecule has 2 N–H and O–H groups in total. The molecule has 0 bridgehead atoms. The molecule has 0 saturated heterocycles. The summed E-state index contributed by atoms with van der Waals surface area (Å²) in [4.78, 5) is 11.9. The van der Waals surface area contributed by atoms with Gasteiger partial charge in [0.2, 0.25) is 0 Å². The van der Waals surface area contributed by atoms with E-state index in [1.54, 1.807) is 6.07 Å². The Balaban J connectivity index is 2.09. The third-order valence-electron chi connectivity index (χ3n) is 3.18. The Morgan fingerprint density at radius 1 is 1.50 bits per heavy atom. The van der Waals surface area contributed by atoms with Gasteiger partial charge in [-0.05, 0) is 30.5 Å². The smallest absolute Gasteiger partial charge is 0.144 e. The molecule has 0 unspecified atom stereocenters. The third-order valence-corrected chi connectivity index (χ3v) is 3.49. The first-order chi connectivity index (χ1) is 7.57. The lowest BCUT2D eigenvalue weighted by molar-refractivity contribution is -0.123. The molecule has 0 aliphatic heterocycles. The highest BCUT2D eigenvalue weighted by Gasteiger charge is 2.47. The summed E-state index contributed by atoms with van der Waals surface area (Å²) < 4.78 is 13.2. The third kappa shape index (κ3) is 2.11. The van der Waals surface area contributed by atoms with Crippen molar-refractivity contribution in [1.29, 1.82) is 0 Å². The quantitative estimate of drug-likeness (QED) is 0.879. The molecule has 16 heavy (non-hydrogen) atoms. The van der Waals surface area contributed by atoms with Crippen molar-refractivity contribution >= 4 is 17.4 Å². The monoisotopic (exact) mass is 241 g/mol. The first-order valence-corrected chi connectivity index (χ1v) is 5.62. The molecule has 2 nitrogen and oxygen atoms in total. The molecule has 86 valence electrons. The topological polar surface area (TPSA) is 43.1 Å². The van der Waals surface area contributed by atoms with Crippen molar-refractivity contribution in [3.05, 3.63) is 34.6 Å². The van der Waals surface area contributed by atoms with Crippen LogP contribution in [0.15, 0.2) is 18.2 Å². The number of benzene rings is 1. The SMILES string of the molecule is NCC1(C(=O)Cc2ccc(Cl)c(F)c2)CC1. The van der Waals surface area contributed by atoms with Crippen LogP contribution in [-0.4, -0.2) is 12.3 Å². The number of ketones is 1. The van der Waals surface area contributed by atoms with E-state index in [0.29, 0.717) is 12.1 Å². The first-order valence-electron chi connectivity index (χ1n) is 5.25. The fourth-order valence-corrected chi connectivity index (χ4v) is 1.89. The van der Waals surface area contributed by atoms with Gasteiger partial charge in [-0.15, -0.1) is 0 Å². The summed E-state index contributed by atoms with van der Waals surface area (Å²) in [7, 11) is 0. The van der Waals surface area contributed by atoms with Gasteiger partial charge in [0.15, 0.2) is 0 Å². The van der Waals surface area contributed by atoms with Crippen LogP contribution < -0.4 is 5.73 Å². The average molecular weight is 242 g/mol. The number of carbonyl (C=O) groups is 1. The van der Waals surface area contributed by atoms with Gasteiger partial charge in [0.25, 0.3) is 0 Å². The molecule has 0 spiro atoms. The molecule has 0 heterocycles. The van der Waals surface area contributed by atoms with E-state index in [1.807, 2.05) is 0 Å². The maximum Gasteiger partial charge on any atom is 0.144 e. The molecule has 0 radical (unpaired) electrons. The van der Waals surface area contributed by atoms with Crippen LogP contribution in [0.3, 0.4) is 0 Å². The summed E-state index contributed by atoms with van der Waals surface area (Å²) in [5, 5.41) is 0.0798. The summed E-state index contributed by atoms with van der Waals surface area (Å²) in [5.41, 5.74) is 5.90. The number of hydrogen-bond donors (Lipinski definition) is 1. The second-order valence-corrected chi connectivity index (χ2v) is 4.74. The van der Waals surface area contributed by atoms with Crippen molar-refractivity contribution in [3.8, 4) is 0 Å². The largest absolute Gasteiger partial charge is 0.329 e. The van der Waals surface area contributed by atoms with Gasteiger partial charge in [-0.3, -0.25) is 4.79 Å². The van der Waals surface area contributed by atoms with Gasteiger partial charge in [0, 0.05) is 18.4 Å². The zero-order valence-electron chi connectivity index (χ0n) is 8.80. The molecular weight excluding hydrogens is 229 g/mol. The van der Waals surface area contributed by atoms with Crippen LogP contribution in [0, 0.1) is 11.2 Å². The van der Waals surface area contributed by atoms with Gasteiger partial charge in [-0.1, -0.05) is 17.7 Å². The number of Topliss-reactive ketones (excluding diaryl/α,β-unsaturated/α-hetero) is 1. The second kappa shape index (κ2) is 4.15. The van der Waals surface area contributed by atoms with Gasteiger partial charge in [-0.2, -0.15) is 0 Å². The number of carbonyl (C=O) groups excluding carboxylic acids is 1. The lowest BCUT2D eigenvalue weighted by atomic mass is 9.95. The van der Waals surface area contributed by atoms with Crippen molar-refractivity contribution in [2.75, 3.05) is 6.54 Å². The molecular formula is C12H13ClFNO. The summed E-state index contributed by atoms with van der Waals surface area (Å²) in [6.45, 7) is 0.391. The highest BCUT2D eigenvalue weighted by atomic mass is 35.5. The Morgan fingerprint density at radius 3 is 2.69 bits per heavy atom. The van der Waals surface area contributed by atoms with Crippen LogP contribution in [0.5, 0.6) is 0 Å². The second-order valence-electron chi connectivity index (χ2n) is 4.33. The van der Waals surface area contributed by atoms with E-state index in [2.05, 4.69) is 0 Å². The molecule has 0 amide bonds. The van der Waals surface area contributed by atoms with E-state index >= 15 is 0 Å². The van der Waals surface area contributed by atoms with Crippen molar-refractivity contribution < 1.29 is 9.18 Å². The van der Waals surface area contributed by atoms with E-state index in [0.717, 1.165) is 12.8 Å². The average Bonchev–Trinajstić information content (AvgIpc) is 3.04. The molecule has 2 rings (SSSR count). The highest BCUT2D eigenvalue weighted by molar-refractivity contribution is 6.30. The van der Waals surface area contributed by atoms with Gasteiger partial charge >= 0.3 is 0 Å². The van der Waals surface area contributed by atoms with Crippen LogP contribution in [0.2, 0.25) is 5.02 Å². The Labute approximate surface area is 98.6 Å². The fraction of sp³-hybridized carbons (Fsp3) is 0.417. The van der Waals surface area contributed by atoms with Crippen molar-refractivity contribution in [2.24, 2.45) is 11.1 Å². The highest BCUT2D eigenvalue weighted by Crippen LogP contribution is 2.46. The maximum atomic E-state index is 13.2. The summed E-state index contributed by atoms with van der Waals surface area (Å²) in [6.07, 6.45) is 1.96.